The van der Waals surface area contributed by atoms with Gasteiger partial charge in [0.2, 0.25) is 15.9 Å². The van der Waals surface area contributed by atoms with Gasteiger partial charge in [-0.1, -0.05) is 18.2 Å². The van der Waals surface area contributed by atoms with E-state index in [0.29, 0.717) is 11.4 Å². The quantitative estimate of drug-likeness (QED) is 0.694. The average Bonchev–Trinajstić information content (AvgIpc) is 3.13. The van der Waals surface area contributed by atoms with Crippen molar-refractivity contribution in [2.24, 2.45) is 0 Å². The van der Waals surface area contributed by atoms with Gasteiger partial charge in [-0.15, -0.1) is 0 Å². The SMILES string of the molecule is CC(C)Oc1ccc(N(CC(=O)NC(C)c2ccc3c(c2)CCC3)S(C)(=O)=O)cc1. The highest BCUT2D eigenvalue weighted by molar-refractivity contribution is 7.92. The van der Waals surface area contributed by atoms with Crippen LogP contribution in [0.4, 0.5) is 5.69 Å². The lowest BCUT2D eigenvalue weighted by Gasteiger charge is -2.24. The zero-order chi connectivity index (χ0) is 21.9. The Labute approximate surface area is 179 Å². The largest absolute Gasteiger partial charge is 0.491 e. The molecule has 2 aromatic carbocycles. The minimum absolute atomic E-state index is 0.0216. The Balaban J connectivity index is 1.69. The predicted molar refractivity (Wildman–Crippen MR) is 119 cm³/mol. The lowest BCUT2D eigenvalue weighted by Crippen LogP contribution is -2.41. The number of nitrogens with one attached hydrogen (secondary N) is 1. The molecule has 1 amide bonds. The van der Waals surface area contributed by atoms with Crippen molar-refractivity contribution >= 4 is 21.6 Å². The first kappa shape index (κ1) is 22.2. The number of hydrogen-bond acceptors (Lipinski definition) is 4. The van der Waals surface area contributed by atoms with Crippen LogP contribution in [0.3, 0.4) is 0 Å². The van der Waals surface area contributed by atoms with Crippen molar-refractivity contribution < 1.29 is 17.9 Å². The van der Waals surface area contributed by atoms with E-state index in [-0.39, 0.29) is 24.6 Å². The summed E-state index contributed by atoms with van der Waals surface area (Å²) in [4.78, 5) is 12.7. The molecule has 0 saturated carbocycles. The van der Waals surface area contributed by atoms with E-state index >= 15 is 0 Å². The van der Waals surface area contributed by atoms with Gasteiger partial charge in [-0.2, -0.15) is 0 Å². The Bertz CT molecular complexity index is 1000. The number of fused-ring (bicyclic) bond motifs is 1. The fourth-order valence-corrected chi connectivity index (χ4v) is 4.58. The van der Waals surface area contributed by atoms with Crippen LogP contribution < -0.4 is 14.4 Å². The smallest absolute Gasteiger partial charge is 0.241 e. The van der Waals surface area contributed by atoms with Crippen molar-refractivity contribution in [3.63, 3.8) is 0 Å². The minimum Gasteiger partial charge on any atom is -0.491 e. The summed E-state index contributed by atoms with van der Waals surface area (Å²) in [5, 5.41) is 2.93. The number of sulfonamides is 1. The van der Waals surface area contributed by atoms with Gasteiger partial charge in [0.25, 0.3) is 0 Å². The molecule has 0 fully saturated rings. The molecule has 0 radical (unpaired) electrons. The molecule has 0 aromatic heterocycles. The maximum absolute atomic E-state index is 12.7. The van der Waals surface area contributed by atoms with Crippen LogP contribution in [-0.2, 0) is 27.7 Å². The molecule has 1 aliphatic carbocycles. The van der Waals surface area contributed by atoms with Crippen LogP contribution in [-0.4, -0.2) is 33.2 Å². The molecule has 1 N–H and O–H groups in total. The summed E-state index contributed by atoms with van der Waals surface area (Å²) in [5.41, 5.74) is 4.18. The van der Waals surface area contributed by atoms with E-state index in [1.54, 1.807) is 24.3 Å². The Kier molecular flexibility index (Phi) is 6.71. The van der Waals surface area contributed by atoms with Crippen molar-refractivity contribution in [2.45, 2.75) is 52.2 Å². The van der Waals surface area contributed by atoms with E-state index in [9.17, 15) is 13.2 Å². The fraction of sp³-hybridized carbons (Fsp3) is 0.435. The summed E-state index contributed by atoms with van der Waals surface area (Å²) in [5.74, 6) is 0.299. The van der Waals surface area contributed by atoms with Crippen molar-refractivity contribution in [2.75, 3.05) is 17.1 Å². The van der Waals surface area contributed by atoms with Crippen LogP contribution in [0.5, 0.6) is 5.75 Å². The number of carbonyl (C=O) groups is 1. The first-order chi connectivity index (χ1) is 14.1. The summed E-state index contributed by atoms with van der Waals surface area (Å²) >= 11 is 0. The zero-order valence-electron chi connectivity index (χ0n) is 18.0. The van der Waals surface area contributed by atoms with Gasteiger partial charge in [-0.25, -0.2) is 8.42 Å². The summed E-state index contributed by atoms with van der Waals surface area (Å²) in [7, 11) is -3.63. The molecular formula is C23H30N2O4S. The molecule has 162 valence electrons. The van der Waals surface area contributed by atoms with E-state index in [0.717, 1.165) is 29.0 Å². The van der Waals surface area contributed by atoms with Crippen LogP contribution in [0.15, 0.2) is 42.5 Å². The molecule has 3 rings (SSSR count). The molecule has 7 heteroatoms. The number of nitrogens with zero attached hydrogens (tertiary/aromatic N) is 1. The van der Waals surface area contributed by atoms with Gasteiger partial charge in [-0.3, -0.25) is 9.10 Å². The molecule has 2 aromatic rings. The van der Waals surface area contributed by atoms with Gasteiger partial charge >= 0.3 is 0 Å². The number of benzene rings is 2. The van der Waals surface area contributed by atoms with E-state index in [1.807, 2.05) is 26.8 Å². The van der Waals surface area contributed by atoms with Crippen LogP contribution >= 0.6 is 0 Å². The van der Waals surface area contributed by atoms with E-state index in [1.165, 1.54) is 17.5 Å². The highest BCUT2D eigenvalue weighted by Gasteiger charge is 2.22. The Morgan fingerprint density at radius 2 is 1.73 bits per heavy atom. The molecule has 1 atom stereocenters. The van der Waals surface area contributed by atoms with Crippen LogP contribution in [0.1, 0.15) is 49.9 Å². The molecule has 1 aliphatic rings. The molecule has 0 aliphatic heterocycles. The van der Waals surface area contributed by atoms with Gasteiger partial charge in [0.05, 0.1) is 24.1 Å². The number of carbonyl (C=O) groups excluding carboxylic acids is 1. The summed E-state index contributed by atoms with van der Waals surface area (Å²) < 4.78 is 31.4. The number of hydrogen-bond donors (Lipinski definition) is 1. The van der Waals surface area contributed by atoms with Crippen LogP contribution in [0.25, 0.3) is 0 Å². The van der Waals surface area contributed by atoms with Gasteiger partial charge in [0.1, 0.15) is 12.3 Å². The van der Waals surface area contributed by atoms with Crippen molar-refractivity contribution in [1.29, 1.82) is 0 Å². The molecule has 0 spiro atoms. The second-order valence-corrected chi connectivity index (χ2v) is 10.0. The monoisotopic (exact) mass is 430 g/mol. The van der Waals surface area contributed by atoms with E-state index in [2.05, 4.69) is 17.4 Å². The summed E-state index contributed by atoms with van der Waals surface area (Å²) in [6, 6.07) is 12.8. The normalized spacial score (nSPS) is 14.3. The average molecular weight is 431 g/mol. The number of aryl methyl sites for hydroxylation is 2. The fourth-order valence-electron chi connectivity index (χ4n) is 3.73. The third-order valence-electron chi connectivity index (χ3n) is 5.18. The molecule has 0 bridgehead atoms. The topological polar surface area (TPSA) is 75.7 Å². The molecular weight excluding hydrogens is 400 g/mol. The highest BCUT2D eigenvalue weighted by Crippen LogP contribution is 2.26. The molecule has 0 heterocycles. The predicted octanol–water partition coefficient (Wildman–Crippen LogP) is 3.61. The third kappa shape index (κ3) is 5.53. The highest BCUT2D eigenvalue weighted by atomic mass is 32.2. The Morgan fingerprint density at radius 1 is 1.07 bits per heavy atom. The van der Waals surface area contributed by atoms with E-state index in [4.69, 9.17) is 4.74 Å². The minimum atomic E-state index is -3.63. The van der Waals surface area contributed by atoms with Crippen molar-refractivity contribution in [1.82, 2.24) is 5.32 Å². The van der Waals surface area contributed by atoms with Crippen LogP contribution in [0, 0.1) is 0 Å². The first-order valence-corrected chi connectivity index (χ1v) is 12.1. The maximum Gasteiger partial charge on any atom is 0.241 e. The lowest BCUT2D eigenvalue weighted by molar-refractivity contribution is -0.120. The van der Waals surface area contributed by atoms with Gasteiger partial charge < -0.3 is 10.1 Å². The lowest BCUT2D eigenvalue weighted by atomic mass is 10.0. The van der Waals surface area contributed by atoms with Crippen molar-refractivity contribution in [3.8, 4) is 5.75 Å². The first-order valence-electron chi connectivity index (χ1n) is 10.3. The molecule has 1 unspecified atom stereocenters. The Hall–Kier alpha value is -2.54. The second-order valence-electron chi connectivity index (χ2n) is 8.10. The molecule has 0 saturated heterocycles. The summed E-state index contributed by atoms with van der Waals surface area (Å²) in [6.45, 7) is 5.47. The summed E-state index contributed by atoms with van der Waals surface area (Å²) in [6.07, 6.45) is 4.48. The maximum atomic E-state index is 12.7. The van der Waals surface area contributed by atoms with Gasteiger partial charge in [-0.05, 0) is 81.0 Å². The second kappa shape index (κ2) is 9.08. The molecule has 6 nitrogen and oxygen atoms in total. The third-order valence-corrected chi connectivity index (χ3v) is 6.32. The number of amides is 1. The van der Waals surface area contributed by atoms with Gasteiger partial charge in [0.15, 0.2) is 0 Å². The Morgan fingerprint density at radius 3 is 2.37 bits per heavy atom. The van der Waals surface area contributed by atoms with Crippen LogP contribution in [0.2, 0.25) is 0 Å². The zero-order valence-corrected chi connectivity index (χ0v) is 18.8. The van der Waals surface area contributed by atoms with Crippen molar-refractivity contribution in [3.05, 3.63) is 59.2 Å². The number of ether oxygens (including phenoxy) is 1. The van der Waals surface area contributed by atoms with E-state index < -0.39 is 10.0 Å². The number of anilines is 1. The van der Waals surface area contributed by atoms with Gasteiger partial charge in [0, 0.05) is 0 Å². The standard InChI is InChI=1S/C23H30N2O4S/c1-16(2)29-22-12-10-21(11-13-22)25(30(4,27)28)15-23(26)24-17(3)19-9-8-18-6-5-7-20(18)14-19/h8-14,16-17H,5-7,15H2,1-4H3,(H,24,26). The molecule has 30 heavy (non-hydrogen) atoms. The number of rotatable bonds is 8.